The molecule has 12 nitrogen and oxygen atoms in total. The van der Waals surface area contributed by atoms with Crippen molar-refractivity contribution in [1.82, 2.24) is 15.3 Å². The molecule has 0 aromatic carbocycles. The molecule has 2 fully saturated rings. The summed E-state index contributed by atoms with van der Waals surface area (Å²) >= 11 is 2.18. The number of aliphatic hydroxyl groups is 5. The van der Waals surface area contributed by atoms with Crippen molar-refractivity contribution in [2.45, 2.75) is 62.5 Å². The molecule has 8 N–H and O–H groups in total. The summed E-state index contributed by atoms with van der Waals surface area (Å²) in [7, 11) is 0. The maximum atomic E-state index is 13.2. The number of aromatic nitrogens is 2. The molecule has 2 aliphatic heterocycles. The fourth-order valence-corrected chi connectivity index (χ4v) is 5.94. The minimum absolute atomic E-state index is 0.0670. The number of aliphatic hydroxyl groups excluding tert-OH is 5. The largest absolute Gasteiger partial charge is 0.395 e. The van der Waals surface area contributed by atoms with Crippen molar-refractivity contribution in [3.05, 3.63) is 37.9 Å². The normalized spacial score (nSPS) is 31.4. The van der Waals surface area contributed by atoms with Crippen LogP contribution in [0.2, 0.25) is 0 Å². The standard InChI is InChI=1S/C22H30N4O8S2/c1-9-20(36-21(26-9)12(23)5-24-4-10-2-13(28)15(30)8-33-10)18(32)16-6-25-22(35-16)19-17(31)14(29)3-11(7-27)34-19/h5-6,10-11,13-15,17,19,24,27-31H,2-4,7-8,23H2,1H3/b12-5-. The number of nitrogens with two attached hydrogens (primary N) is 1. The van der Waals surface area contributed by atoms with Gasteiger partial charge >= 0.3 is 0 Å². The Labute approximate surface area is 215 Å². The second-order valence-corrected chi connectivity index (χ2v) is 10.9. The van der Waals surface area contributed by atoms with E-state index in [2.05, 4.69) is 15.3 Å². The minimum atomic E-state index is -1.22. The number of thiazole rings is 2. The lowest BCUT2D eigenvalue weighted by Crippen LogP contribution is -2.44. The van der Waals surface area contributed by atoms with Crippen LogP contribution >= 0.6 is 22.7 Å². The van der Waals surface area contributed by atoms with Gasteiger partial charge in [-0.2, -0.15) is 0 Å². The third-order valence-electron chi connectivity index (χ3n) is 6.05. The van der Waals surface area contributed by atoms with Crippen LogP contribution in [0.25, 0.3) is 5.70 Å². The van der Waals surface area contributed by atoms with E-state index in [4.69, 9.17) is 15.2 Å². The maximum Gasteiger partial charge on any atom is 0.216 e. The van der Waals surface area contributed by atoms with Gasteiger partial charge in [0.15, 0.2) is 0 Å². The lowest BCUT2D eigenvalue weighted by atomic mass is 9.98. The second kappa shape index (κ2) is 11.6. The molecule has 14 heteroatoms. The molecule has 2 saturated heterocycles. The number of hydrogen-bond donors (Lipinski definition) is 7. The van der Waals surface area contributed by atoms with Gasteiger partial charge in [0.1, 0.15) is 28.3 Å². The number of ether oxygens (including phenoxy) is 2. The van der Waals surface area contributed by atoms with Crippen LogP contribution in [0.3, 0.4) is 0 Å². The first-order valence-corrected chi connectivity index (χ1v) is 13.1. The molecule has 2 aromatic rings. The highest BCUT2D eigenvalue weighted by Crippen LogP contribution is 2.35. The highest BCUT2D eigenvalue weighted by Gasteiger charge is 2.39. The Bertz CT molecular complexity index is 1090. The Morgan fingerprint density at radius 3 is 2.67 bits per heavy atom. The maximum absolute atomic E-state index is 13.2. The van der Waals surface area contributed by atoms with Crippen LogP contribution in [0.4, 0.5) is 0 Å². The van der Waals surface area contributed by atoms with Gasteiger partial charge in [-0.3, -0.25) is 4.79 Å². The summed E-state index contributed by atoms with van der Waals surface area (Å²) < 4.78 is 11.1. The van der Waals surface area contributed by atoms with E-state index in [0.29, 0.717) is 44.1 Å². The van der Waals surface area contributed by atoms with E-state index < -0.39 is 36.6 Å². The molecular weight excluding hydrogens is 512 g/mol. The lowest BCUT2D eigenvalue weighted by Gasteiger charge is -2.35. The van der Waals surface area contributed by atoms with Crippen LogP contribution in [-0.4, -0.2) is 97.7 Å². The Hall–Kier alpha value is -2.01. The predicted molar refractivity (Wildman–Crippen MR) is 130 cm³/mol. The molecule has 2 aliphatic rings. The monoisotopic (exact) mass is 542 g/mol. The fourth-order valence-electron chi connectivity index (χ4n) is 3.99. The number of carbonyl (C=O) groups is 1. The van der Waals surface area contributed by atoms with Crippen LogP contribution in [0.15, 0.2) is 12.4 Å². The molecule has 7 unspecified atom stereocenters. The Kier molecular flexibility index (Phi) is 8.70. The molecule has 36 heavy (non-hydrogen) atoms. The van der Waals surface area contributed by atoms with Gasteiger partial charge in [-0.1, -0.05) is 0 Å². The van der Waals surface area contributed by atoms with E-state index >= 15 is 0 Å². The van der Waals surface area contributed by atoms with Gasteiger partial charge in [0.05, 0.1) is 58.8 Å². The first kappa shape index (κ1) is 27.0. The smallest absolute Gasteiger partial charge is 0.216 e. The van der Waals surface area contributed by atoms with Crippen LogP contribution in [0, 0.1) is 6.92 Å². The molecule has 198 valence electrons. The average molecular weight is 543 g/mol. The number of carbonyl (C=O) groups excluding carboxylic acids is 1. The average Bonchev–Trinajstić information content (AvgIpc) is 3.50. The van der Waals surface area contributed by atoms with Gasteiger partial charge in [0.2, 0.25) is 5.78 Å². The summed E-state index contributed by atoms with van der Waals surface area (Å²) in [4.78, 5) is 22.5. The van der Waals surface area contributed by atoms with Crippen molar-refractivity contribution < 1.29 is 39.8 Å². The molecular formula is C22H30N4O8S2. The zero-order chi connectivity index (χ0) is 26.0. The zero-order valence-electron chi connectivity index (χ0n) is 19.5. The van der Waals surface area contributed by atoms with Crippen LogP contribution in [-0.2, 0) is 9.47 Å². The molecule has 0 aliphatic carbocycles. The second-order valence-electron chi connectivity index (χ2n) is 8.81. The highest BCUT2D eigenvalue weighted by atomic mass is 32.1. The quantitative estimate of drug-likeness (QED) is 0.202. The van der Waals surface area contributed by atoms with Crippen molar-refractivity contribution in [3.8, 4) is 0 Å². The van der Waals surface area contributed by atoms with Crippen LogP contribution < -0.4 is 11.1 Å². The SMILES string of the molecule is Cc1nc(/C(N)=C/NCC2CC(O)C(O)CO2)sc1C(=O)c1cnc(C2OC(CO)CC(O)C2O)s1. The summed E-state index contributed by atoms with van der Waals surface area (Å²) in [5.41, 5.74) is 6.97. The number of ketones is 1. The summed E-state index contributed by atoms with van der Waals surface area (Å²) in [5.74, 6) is -0.298. The van der Waals surface area contributed by atoms with Crippen molar-refractivity contribution in [1.29, 1.82) is 0 Å². The van der Waals surface area contributed by atoms with Crippen molar-refractivity contribution >= 4 is 34.2 Å². The predicted octanol–water partition coefficient (Wildman–Crippen LogP) is -0.959. The third kappa shape index (κ3) is 5.93. The summed E-state index contributed by atoms with van der Waals surface area (Å²) in [6, 6.07) is 0. The van der Waals surface area contributed by atoms with Gasteiger partial charge in [0.25, 0.3) is 0 Å². The van der Waals surface area contributed by atoms with E-state index in [1.165, 1.54) is 6.20 Å². The van der Waals surface area contributed by atoms with Gasteiger partial charge in [0, 0.05) is 31.8 Å². The topological polar surface area (TPSA) is 201 Å². The first-order chi connectivity index (χ1) is 17.2. The minimum Gasteiger partial charge on any atom is -0.395 e. The Morgan fingerprint density at radius 1 is 1.19 bits per heavy atom. The highest BCUT2D eigenvalue weighted by molar-refractivity contribution is 7.17. The molecule has 0 radical (unpaired) electrons. The van der Waals surface area contributed by atoms with E-state index in [-0.39, 0.29) is 31.5 Å². The van der Waals surface area contributed by atoms with Crippen molar-refractivity contribution in [3.63, 3.8) is 0 Å². The van der Waals surface area contributed by atoms with E-state index in [0.717, 1.165) is 22.7 Å². The van der Waals surface area contributed by atoms with Gasteiger partial charge in [-0.15, -0.1) is 22.7 Å². The number of nitrogens with zero attached hydrogens (tertiary/aromatic N) is 2. The molecule has 4 rings (SSSR count). The van der Waals surface area contributed by atoms with E-state index in [1.54, 1.807) is 13.1 Å². The van der Waals surface area contributed by atoms with Gasteiger partial charge in [-0.05, 0) is 6.92 Å². The third-order valence-corrected chi connectivity index (χ3v) is 8.31. The Morgan fingerprint density at radius 2 is 1.94 bits per heavy atom. The summed E-state index contributed by atoms with van der Waals surface area (Å²) in [6.07, 6.45) is -2.49. The molecule has 4 heterocycles. The van der Waals surface area contributed by atoms with Gasteiger partial charge < -0.3 is 46.1 Å². The summed E-state index contributed by atoms with van der Waals surface area (Å²) in [6.45, 7) is 1.85. The molecule has 0 saturated carbocycles. The van der Waals surface area contributed by atoms with Crippen LogP contribution in [0.5, 0.6) is 0 Å². The number of aryl methyl sites for hydroxylation is 1. The first-order valence-electron chi connectivity index (χ1n) is 11.4. The molecule has 0 spiro atoms. The summed E-state index contributed by atoms with van der Waals surface area (Å²) in [5, 5.41) is 52.8. The van der Waals surface area contributed by atoms with Crippen molar-refractivity contribution in [2.24, 2.45) is 5.73 Å². The molecule has 0 amide bonds. The zero-order valence-corrected chi connectivity index (χ0v) is 21.1. The number of nitrogens with one attached hydrogen (secondary N) is 1. The van der Waals surface area contributed by atoms with E-state index in [1.807, 2.05) is 0 Å². The van der Waals surface area contributed by atoms with Crippen LogP contribution in [0.1, 0.15) is 49.2 Å². The van der Waals surface area contributed by atoms with E-state index in [9.17, 15) is 30.3 Å². The van der Waals surface area contributed by atoms with Gasteiger partial charge in [-0.25, -0.2) is 9.97 Å². The fraction of sp³-hybridized carbons (Fsp3) is 0.591. The molecule has 7 atom stereocenters. The number of rotatable bonds is 8. The number of hydrogen-bond acceptors (Lipinski definition) is 14. The molecule has 0 bridgehead atoms. The molecule has 2 aromatic heterocycles. The van der Waals surface area contributed by atoms with Crippen molar-refractivity contribution in [2.75, 3.05) is 19.8 Å². The lowest BCUT2D eigenvalue weighted by molar-refractivity contribution is -0.179. The Balaban J connectivity index is 1.41.